The third-order valence-corrected chi connectivity index (χ3v) is 1.77. The monoisotopic (exact) mass is 267 g/mol. The van der Waals surface area contributed by atoms with Crippen LogP contribution in [0.4, 0.5) is 0 Å². The van der Waals surface area contributed by atoms with Gasteiger partial charge >= 0.3 is 0 Å². The van der Waals surface area contributed by atoms with E-state index in [4.69, 9.17) is 0 Å². The third-order valence-electron chi connectivity index (χ3n) is 1.36. The van der Waals surface area contributed by atoms with Crippen LogP contribution in [0.3, 0.4) is 0 Å². The molecule has 1 heterocycles. The molecule has 10 heavy (non-hydrogen) atoms. The second-order valence-electron chi connectivity index (χ2n) is 2.11. The van der Waals surface area contributed by atoms with Crippen molar-refractivity contribution in [1.82, 2.24) is 4.90 Å². The molecule has 1 rings (SSSR count). The number of nitrogens with zero attached hydrogens (tertiary/aromatic N) is 1. The van der Waals surface area contributed by atoms with Gasteiger partial charge in [0.2, 0.25) is 5.91 Å². The minimum Gasteiger partial charge on any atom is -0.317 e. The lowest BCUT2D eigenvalue weighted by atomic mass is 10.4. The fourth-order valence-electron chi connectivity index (χ4n) is 0.923. The van der Waals surface area contributed by atoms with E-state index in [1.165, 1.54) is 0 Å². The van der Waals surface area contributed by atoms with Crippen LogP contribution < -0.4 is 0 Å². The molecule has 1 saturated heterocycles. The maximum Gasteiger partial charge on any atom is 0.226 e. The van der Waals surface area contributed by atoms with Gasteiger partial charge in [-0.15, -0.1) is 0 Å². The minimum atomic E-state index is 0.205. The van der Waals surface area contributed by atoms with Crippen LogP contribution in [-0.2, 0) is 4.79 Å². The maximum atomic E-state index is 10.9. The predicted molar refractivity (Wildman–Crippen MR) is 46.9 cm³/mol. The second-order valence-corrected chi connectivity index (χ2v) is 4.88. The molecule has 0 aromatic heterocycles. The highest BCUT2D eigenvalue weighted by Gasteiger charge is 2.17. The first-order valence-corrected chi connectivity index (χ1v) is 4.61. The summed E-state index contributed by atoms with van der Waals surface area (Å²) in [5, 5.41) is 0. The first-order chi connectivity index (χ1) is 4.70. The summed E-state index contributed by atoms with van der Waals surface area (Å²) in [6, 6.07) is 0. The molecule has 0 unspecified atom stereocenters. The summed E-state index contributed by atoms with van der Waals surface area (Å²) in [4.78, 5) is 12.7. The summed E-state index contributed by atoms with van der Waals surface area (Å²) in [7, 11) is 0. The summed E-state index contributed by atoms with van der Waals surface area (Å²) in [5.41, 5.74) is 0. The van der Waals surface area contributed by atoms with Crippen LogP contribution in [0.5, 0.6) is 0 Å². The van der Waals surface area contributed by atoms with Crippen molar-refractivity contribution >= 4 is 37.8 Å². The van der Waals surface area contributed by atoms with Crippen molar-refractivity contribution in [2.75, 3.05) is 6.54 Å². The van der Waals surface area contributed by atoms with Crippen LogP contribution in [0.1, 0.15) is 12.8 Å². The van der Waals surface area contributed by atoms with Gasteiger partial charge in [0.1, 0.15) is 0 Å². The molecule has 0 aromatic carbocycles. The minimum absolute atomic E-state index is 0.205. The average molecular weight is 269 g/mol. The molecule has 0 N–H and O–H groups in total. The molecule has 1 amide bonds. The molecular weight excluding hydrogens is 262 g/mol. The number of hydrogen-bond acceptors (Lipinski definition) is 1. The predicted octanol–water partition coefficient (Wildman–Crippen LogP) is 2.20. The second kappa shape index (κ2) is 3.53. The Morgan fingerprint density at radius 1 is 1.60 bits per heavy atom. The Morgan fingerprint density at radius 3 is 2.70 bits per heavy atom. The molecule has 0 bridgehead atoms. The summed E-state index contributed by atoms with van der Waals surface area (Å²) in [6.07, 6.45) is 3.42. The van der Waals surface area contributed by atoms with Crippen LogP contribution in [-0.4, -0.2) is 17.4 Å². The Hall–Kier alpha value is 0.170. The molecule has 1 aliphatic rings. The van der Waals surface area contributed by atoms with E-state index < -0.39 is 0 Å². The number of amides is 1. The molecule has 0 aromatic rings. The molecule has 4 heteroatoms. The van der Waals surface area contributed by atoms with E-state index in [0.29, 0.717) is 6.42 Å². The fourth-order valence-corrected chi connectivity index (χ4v) is 1.42. The van der Waals surface area contributed by atoms with Crippen molar-refractivity contribution in [2.24, 2.45) is 0 Å². The van der Waals surface area contributed by atoms with Gasteiger partial charge in [0.25, 0.3) is 0 Å². The van der Waals surface area contributed by atoms with Gasteiger partial charge in [-0.3, -0.25) is 4.79 Å². The lowest BCUT2D eigenvalue weighted by molar-refractivity contribution is -0.125. The van der Waals surface area contributed by atoms with Crippen molar-refractivity contribution < 1.29 is 4.79 Å². The zero-order chi connectivity index (χ0) is 7.56. The van der Waals surface area contributed by atoms with Crippen LogP contribution in [0.15, 0.2) is 9.59 Å². The molecule has 0 spiro atoms. The van der Waals surface area contributed by atoms with E-state index in [9.17, 15) is 4.79 Å². The van der Waals surface area contributed by atoms with Crippen molar-refractivity contribution in [2.45, 2.75) is 12.8 Å². The van der Waals surface area contributed by atoms with Gasteiger partial charge in [-0.2, -0.15) is 0 Å². The molecule has 1 aliphatic heterocycles. The zero-order valence-corrected chi connectivity index (χ0v) is 8.48. The van der Waals surface area contributed by atoms with Gasteiger partial charge in [0.15, 0.2) is 0 Å². The van der Waals surface area contributed by atoms with Gasteiger partial charge in [-0.25, -0.2) is 0 Å². The summed E-state index contributed by atoms with van der Waals surface area (Å²) in [6.45, 7) is 0.847. The van der Waals surface area contributed by atoms with E-state index in [2.05, 4.69) is 31.9 Å². The molecular formula is C6H7Br2NO. The molecule has 1 fully saturated rings. The lowest BCUT2D eigenvalue weighted by Crippen LogP contribution is -2.17. The van der Waals surface area contributed by atoms with E-state index in [1.54, 1.807) is 11.1 Å². The van der Waals surface area contributed by atoms with E-state index in [1.807, 2.05) is 0 Å². The number of carbonyl (C=O) groups is 1. The molecule has 2 nitrogen and oxygen atoms in total. The van der Waals surface area contributed by atoms with Crippen molar-refractivity contribution in [1.29, 1.82) is 0 Å². The average Bonchev–Trinajstić information content (AvgIpc) is 2.15. The standard InChI is InChI=1S/C6H7Br2NO/c7-5(8)4-9-3-1-2-6(9)10/h4H,1-3H2. The Morgan fingerprint density at radius 2 is 2.30 bits per heavy atom. The summed E-state index contributed by atoms with van der Waals surface area (Å²) >= 11 is 6.39. The lowest BCUT2D eigenvalue weighted by Gasteiger charge is -2.07. The summed E-state index contributed by atoms with van der Waals surface area (Å²) < 4.78 is 0.815. The largest absolute Gasteiger partial charge is 0.317 e. The fraction of sp³-hybridized carbons (Fsp3) is 0.500. The van der Waals surface area contributed by atoms with Crippen LogP contribution in [0.25, 0.3) is 0 Å². The number of carbonyl (C=O) groups excluding carboxylic acids is 1. The number of likely N-dealkylation sites (tertiary alicyclic amines) is 1. The van der Waals surface area contributed by atoms with E-state index in [-0.39, 0.29) is 5.91 Å². The van der Waals surface area contributed by atoms with Gasteiger partial charge < -0.3 is 4.90 Å². The zero-order valence-electron chi connectivity index (χ0n) is 5.31. The normalized spacial score (nSPS) is 17.8. The first-order valence-electron chi connectivity index (χ1n) is 3.02. The molecule has 0 saturated carbocycles. The molecule has 56 valence electrons. The highest BCUT2D eigenvalue weighted by atomic mass is 79.9. The van der Waals surface area contributed by atoms with Crippen molar-refractivity contribution in [3.05, 3.63) is 9.59 Å². The Balaban J connectivity index is 2.56. The van der Waals surface area contributed by atoms with Crippen molar-refractivity contribution in [3.8, 4) is 0 Å². The number of halogens is 2. The molecule has 0 aliphatic carbocycles. The van der Waals surface area contributed by atoms with Gasteiger partial charge in [-0.1, -0.05) is 0 Å². The van der Waals surface area contributed by atoms with Crippen LogP contribution in [0, 0.1) is 0 Å². The first kappa shape index (κ1) is 8.27. The highest BCUT2D eigenvalue weighted by Crippen LogP contribution is 2.18. The van der Waals surface area contributed by atoms with E-state index >= 15 is 0 Å². The van der Waals surface area contributed by atoms with E-state index in [0.717, 1.165) is 16.4 Å². The van der Waals surface area contributed by atoms with Gasteiger partial charge in [0.05, 0.1) is 3.39 Å². The van der Waals surface area contributed by atoms with Crippen LogP contribution in [0.2, 0.25) is 0 Å². The number of hydrogen-bond donors (Lipinski definition) is 0. The van der Waals surface area contributed by atoms with Gasteiger partial charge in [0, 0.05) is 19.2 Å². The molecule has 0 atom stereocenters. The Bertz CT molecular complexity index is 175. The Labute approximate surface area is 76.5 Å². The quantitative estimate of drug-likeness (QED) is 0.714. The third kappa shape index (κ3) is 2.09. The van der Waals surface area contributed by atoms with Crippen molar-refractivity contribution in [3.63, 3.8) is 0 Å². The Kier molecular flexibility index (Phi) is 2.92. The number of rotatable bonds is 1. The topological polar surface area (TPSA) is 20.3 Å². The van der Waals surface area contributed by atoms with Crippen LogP contribution >= 0.6 is 31.9 Å². The highest BCUT2D eigenvalue weighted by molar-refractivity contribution is 9.28. The SMILES string of the molecule is O=C1CCCN1C=C(Br)Br. The summed E-state index contributed by atoms with van der Waals surface area (Å²) in [5.74, 6) is 0.205. The smallest absolute Gasteiger partial charge is 0.226 e. The van der Waals surface area contributed by atoms with Gasteiger partial charge in [-0.05, 0) is 38.3 Å². The maximum absolute atomic E-state index is 10.9. The molecule has 0 radical (unpaired) electrons.